The van der Waals surface area contributed by atoms with Crippen LogP contribution in [-0.4, -0.2) is 17.5 Å². The maximum absolute atomic E-state index is 9.76. The molecule has 74 valence electrons. The fraction of sp³-hybridized carbons (Fsp3) is 0.455. The van der Waals surface area contributed by atoms with Gasteiger partial charge in [0.2, 0.25) is 0 Å². The van der Waals surface area contributed by atoms with Crippen molar-refractivity contribution >= 4 is 0 Å². The molecule has 0 aromatic rings. The summed E-state index contributed by atoms with van der Waals surface area (Å²) in [6.07, 6.45) is 7.08. The number of aliphatic hydroxyl groups is 1. The van der Waals surface area contributed by atoms with Gasteiger partial charge in [0.15, 0.2) is 5.79 Å². The summed E-state index contributed by atoms with van der Waals surface area (Å²) in [5, 5.41) is 9.76. The minimum absolute atomic E-state index is 0.330. The summed E-state index contributed by atoms with van der Waals surface area (Å²) in [6, 6.07) is 0. The Labute approximate surface area is 80.2 Å². The first-order chi connectivity index (χ1) is 6.18. The van der Waals surface area contributed by atoms with E-state index in [0.29, 0.717) is 13.0 Å². The number of allylic oxidation sites excluding steroid dienone is 1. The SMILES string of the molecule is C=CCCCC(O)(C=C)OCC=C. The van der Waals surface area contributed by atoms with Crippen LogP contribution in [0.15, 0.2) is 38.0 Å². The molecule has 0 saturated heterocycles. The molecule has 0 aromatic heterocycles. The van der Waals surface area contributed by atoms with Crippen LogP contribution < -0.4 is 0 Å². The molecule has 0 fully saturated rings. The van der Waals surface area contributed by atoms with Gasteiger partial charge in [-0.2, -0.15) is 0 Å². The predicted molar refractivity (Wildman–Crippen MR) is 55.3 cm³/mol. The molecule has 1 atom stereocenters. The summed E-state index contributed by atoms with van der Waals surface area (Å²) < 4.78 is 5.16. The van der Waals surface area contributed by atoms with Crippen molar-refractivity contribution in [3.05, 3.63) is 38.0 Å². The van der Waals surface area contributed by atoms with Crippen molar-refractivity contribution in [2.24, 2.45) is 0 Å². The Balaban J connectivity index is 3.86. The molecule has 1 N–H and O–H groups in total. The average Bonchev–Trinajstić information content (AvgIpc) is 2.15. The molecule has 2 nitrogen and oxygen atoms in total. The standard InChI is InChI=1S/C11H18O2/c1-4-7-8-9-11(12,6-3)13-10-5-2/h4-6,12H,1-3,7-10H2. The fourth-order valence-electron chi connectivity index (χ4n) is 0.936. The Bertz CT molecular complexity index is 175. The third-order valence-corrected chi connectivity index (χ3v) is 1.71. The molecule has 1 unspecified atom stereocenters. The summed E-state index contributed by atoms with van der Waals surface area (Å²) in [4.78, 5) is 0. The highest BCUT2D eigenvalue weighted by Crippen LogP contribution is 2.17. The summed E-state index contributed by atoms with van der Waals surface area (Å²) in [5.41, 5.74) is 0. The number of hydrogen-bond donors (Lipinski definition) is 1. The van der Waals surface area contributed by atoms with Crippen molar-refractivity contribution in [3.8, 4) is 0 Å². The molecular formula is C11H18O2. The largest absolute Gasteiger partial charge is 0.362 e. The third kappa shape index (κ3) is 5.39. The minimum Gasteiger partial charge on any atom is -0.362 e. The quantitative estimate of drug-likeness (QED) is 0.355. The van der Waals surface area contributed by atoms with Gasteiger partial charge in [-0.15, -0.1) is 13.2 Å². The van der Waals surface area contributed by atoms with E-state index in [1.165, 1.54) is 6.08 Å². The number of ether oxygens (including phenoxy) is 1. The molecule has 0 aliphatic heterocycles. The Morgan fingerprint density at radius 3 is 2.38 bits per heavy atom. The maximum atomic E-state index is 9.76. The van der Waals surface area contributed by atoms with Gasteiger partial charge in [-0.1, -0.05) is 18.7 Å². The van der Waals surface area contributed by atoms with Crippen LogP contribution in [0.2, 0.25) is 0 Å². The van der Waals surface area contributed by atoms with E-state index in [4.69, 9.17) is 4.74 Å². The van der Waals surface area contributed by atoms with Gasteiger partial charge >= 0.3 is 0 Å². The first-order valence-corrected chi connectivity index (χ1v) is 4.40. The summed E-state index contributed by atoms with van der Waals surface area (Å²) in [7, 11) is 0. The molecule has 0 rings (SSSR count). The second-order valence-corrected chi connectivity index (χ2v) is 2.83. The van der Waals surface area contributed by atoms with E-state index in [2.05, 4.69) is 19.7 Å². The zero-order chi connectivity index (χ0) is 10.2. The Hall–Kier alpha value is -0.860. The molecule has 0 aliphatic rings. The predicted octanol–water partition coefficient (Wildman–Crippen LogP) is 2.42. The lowest BCUT2D eigenvalue weighted by Crippen LogP contribution is -2.29. The average molecular weight is 182 g/mol. The van der Waals surface area contributed by atoms with Crippen LogP contribution in [0.1, 0.15) is 19.3 Å². The lowest BCUT2D eigenvalue weighted by atomic mass is 10.1. The van der Waals surface area contributed by atoms with Crippen molar-refractivity contribution in [2.75, 3.05) is 6.61 Å². The van der Waals surface area contributed by atoms with Gasteiger partial charge in [-0.25, -0.2) is 0 Å². The normalized spacial score (nSPS) is 14.5. The van der Waals surface area contributed by atoms with Crippen molar-refractivity contribution < 1.29 is 9.84 Å². The van der Waals surface area contributed by atoms with Gasteiger partial charge in [0, 0.05) is 6.42 Å². The minimum atomic E-state index is -1.21. The zero-order valence-electron chi connectivity index (χ0n) is 8.04. The molecule has 0 saturated carbocycles. The lowest BCUT2D eigenvalue weighted by Gasteiger charge is -2.23. The van der Waals surface area contributed by atoms with Gasteiger partial charge in [0.05, 0.1) is 6.61 Å². The molecule has 0 amide bonds. The topological polar surface area (TPSA) is 29.5 Å². The van der Waals surface area contributed by atoms with Crippen LogP contribution in [-0.2, 0) is 4.74 Å². The van der Waals surface area contributed by atoms with Crippen LogP contribution in [0.4, 0.5) is 0 Å². The molecule has 13 heavy (non-hydrogen) atoms. The van der Waals surface area contributed by atoms with Gasteiger partial charge < -0.3 is 9.84 Å². The van der Waals surface area contributed by atoms with E-state index in [-0.39, 0.29) is 0 Å². The van der Waals surface area contributed by atoms with E-state index in [9.17, 15) is 5.11 Å². The number of hydrogen-bond acceptors (Lipinski definition) is 2. The van der Waals surface area contributed by atoms with Crippen molar-refractivity contribution in [3.63, 3.8) is 0 Å². The van der Waals surface area contributed by atoms with Crippen molar-refractivity contribution in [1.29, 1.82) is 0 Å². The monoisotopic (exact) mass is 182 g/mol. The number of unbranched alkanes of at least 4 members (excludes halogenated alkanes) is 1. The molecule has 0 bridgehead atoms. The molecule has 0 radical (unpaired) electrons. The van der Waals surface area contributed by atoms with Gasteiger partial charge in [-0.05, 0) is 18.9 Å². The van der Waals surface area contributed by atoms with E-state index in [0.717, 1.165) is 12.8 Å². The second-order valence-electron chi connectivity index (χ2n) is 2.83. The maximum Gasteiger partial charge on any atom is 0.185 e. The van der Waals surface area contributed by atoms with E-state index in [1.54, 1.807) is 6.08 Å². The van der Waals surface area contributed by atoms with Gasteiger partial charge in [0.1, 0.15) is 0 Å². The first-order valence-electron chi connectivity index (χ1n) is 4.40. The molecule has 0 aliphatic carbocycles. The first kappa shape index (κ1) is 12.1. The molecule has 2 heteroatoms. The number of rotatable bonds is 8. The van der Waals surface area contributed by atoms with Crippen LogP contribution >= 0.6 is 0 Å². The molecule has 0 spiro atoms. The highest BCUT2D eigenvalue weighted by molar-refractivity contribution is 4.89. The Kier molecular flexibility index (Phi) is 6.20. The van der Waals surface area contributed by atoms with Gasteiger partial charge in [-0.3, -0.25) is 0 Å². The fourth-order valence-corrected chi connectivity index (χ4v) is 0.936. The van der Waals surface area contributed by atoms with E-state index in [1.807, 2.05) is 6.08 Å². The molecule has 0 heterocycles. The third-order valence-electron chi connectivity index (χ3n) is 1.71. The lowest BCUT2D eigenvalue weighted by molar-refractivity contribution is -0.163. The smallest absolute Gasteiger partial charge is 0.185 e. The Morgan fingerprint density at radius 1 is 1.23 bits per heavy atom. The summed E-state index contributed by atoms with van der Waals surface area (Å²) in [5.74, 6) is -1.21. The van der Waals surface area contributed by atoms with Crippen LogP contribution in [0.25, 0.3) is 0 Å². The summed E-state index contributed by atoms with van der Waals surface area (Å²) in [6.45, 7) is 11.0. The molecular weight excluding hydrogens is 164 g/mol. The Morgan fingerprint density at radius 2 is 1.92 bits per heavy atom. The van der Waals surface area contributed by atoms with Gasteiger partial charge in [0.25, 0.3) is 0 Å². The van der Waals surface area contributed by atoms with E-state index < -0.39 is 5.79 Å². The van der Waals surface area contributed by atoms with Crippen LogP contribution in [0.5, 0.6) is 0 Å². The summed E-state index contributed by atoms with van der Waals surface area (Å²) >= 11 is 0. The zero-order valence-corrected chi connectivity index (χ0v) is 8.04. The van der Waals surface area contributed by atoms with Crippen molar-refractivity contribution in [1.82, 2.24) is 0 Å². The second kappa shape index (κ2) is 6.63. The van der Waals surface area contributed by atoms with Crippen molar-refractivity contribution in [2.45, 2.75) is 25.0 Å². The highest BCUT2D eigenvalue weighted by atomic mass is 16.6. The molecule has 0 aromatic carbocycles. The highest BCUT2D eigenvalue weighted by Gasteiger charge is 2.21. The van der Waals surface area contributed by atoms with Crippen LogP contribution in [0.3, 0.4) is 0 Å². The van der Waals surface area contributed by atoms with E-state index >= 15 is 0 Å². The van der Waals surface area contributed by atoms with Crippen LogP contribution in [0, 0.1) is 0 Å².